The Morgan fingerprint density at radius 2 is 2.24 bits per heavy atom. The lowest BCUT2D eigenvalue weighted by Crippen LogP contribution is -2.26. The molecular weight excluding hydrogens is 264 g/mol. The zero-order chi connectivity index (χ0) is 14.7. The number of hydrogen-bond acceptors (Lipinski definition) is 3. The van der Waals surface area contributed by atoms with Crippen molar-refractivity contribution in [3.63, 3.8) is 0 Å². The van der Waals surface area contributed by atoms with Crippen molar-refractivity contribution in [1.82, 2.24) is 4.90 Å². The van der Waals surface area contributed by atoms with Crippen molar-refractivity contribution in [3.05, 3.63) is 59.6 Å². The van der Waals surface area contributed by atoms with E-state index in [4.69, 9.17) is 4.42 Å². The molecule has 2 aromatic rings. The molecule has 1 amide bonds. The highest BCUT2D eigenvalue weighted by atomic mass is 16.3. The zero-order valence-electron chi connectivity index (χ0n) is 12.0. The minimum Gasteiger partial charge on any atom is -0.465 e. The summed E-state index contributed by atoms with van der Waals surface area (Å²) in [7, 11) is 2.11. The summed E-state index contributed by atoms with van der Waals surface area (Å²) in [5, 5.41) is 2.88. The SMILES string of the molecule is CN1CCc2ccc(NC(=O)/C=C/c3ccco3)cc2C1. The number of nitrogens with one attached hydrogen (secondary N) is 1. The Hall–Kier alpha value is -2.33. The van der Waals surface area contributed by atoms with Crippen molar-refractivity contribution in [3.8, 4) is 0 Å². The van der Waals surface area contributed by atoms with Crippen LogP contribution >= 0.6 is 0 Å². The van der Waals surface area contributed by atoms with Gasteiger partial charge in [-0.3, -0.25) is 4.79 Å². The fourth-order valence-electron chi connectivity index (χ4n) is 2.50. The Bertz CT molecular complexity index is 659. The molecule has 0 atom stereocenters. The molecule has 4 heteroatoms. The summed E-state index contributed by atoms with van der Waals surface area (Å²) in [4.78, 5) is 14.2. The number of likely N-dealkylation sites (N-methyl/N-ethyl adjacent to an activating group) is 1. The number of nitrogens with zero attached hydrogens (tertiary/aromatic N) is 1. The van der Waals surface area contributed by atoms with Gasteiger partial charge in [-0.25, -0.2) is 0 Å². The Balaban J connectivity index is 1.67. The topological polar surface area (TPSA) is 45.5 Å². The van der Waals surface area contributed by atoms with E-state index in [1.807, 2.05) is 6.07 Å². The van der Waals surface area contributed by atoms with E-state index in [1.54, 1.807) is 24.5 Å². The van der Waals surface area contributed by atoms with Crippen LogP contribution in [0.5, 0.6) is 0 Å². The van der Waals surface area contributed by atoms with Crippen LogP contribution in [0.3, 0.4) is 0 Å². The molecule has 1 aliphatic heterocycles. The second-order valence-electron chi connectivity index (χ2n) is 5.31. The van der Waals surface area contributed by atoms with E-state index in [0.29, 0.717) is 5.76 Å². The summed E-state index contributed by atoms with van der Waals surface area (Å²) in [6.45, 7) is 2.02. The standard InChI is InChI=1S/C17H18N2O2/c1-19-9-8-13-4-5-15(11-14(13)12-19)18-17(20)7-6-16-3-2-10-21-16/h2-7,10-11H,8-9,12H2,1H3,(H,18,20)/b7-6+. The second kappa shape index (κ2) is 5.97. The van der Waals surface area contributed by atoms with Crippen LogP contribution in [0, 0.1) is 0 Å². The normalized spacial score (nSPS) is 15.1. The van der Waals surface area contributed by atoms with Gasteiger partial charge in [0.05, 0.1) is 6.26 Å². The smallest absolute Gasteiger partial charge is 0.248 e. The van der Waals surface area contributed by atoms with Gasteiger partial charge in [-0.1, -0.05) is 6.07 Å². The van der Waals surface area contributed by atoms with Crippen molar-refractivity contribution in [2.45, 2.75) is 13.0 Å². The molecule has 0 saturated heterocycles. The molecule has 3 rings (SSSR count). The van der Waals surface area contributed by atoms with Gasteiger partial charge in [0.1, 0.15) is 5.76 Å². The van der Waals surface area contributed by atoms with Crippen molar-refractivity contribution < 1.29 is 9.21 Å². The van der Waals surface area contributed by atoms with Crippen molar-refractivity contribution >= 4 is 17.7 Å². The summed E-state index contributed by atoms with van der Waals surface area (Å²) in [5.74, 6) is 0.507. The van der Waals surface area contributed by atoms with Crippen LogP contribution < -0.4 is 5.32 Å². The number of carbonyl (C=O) groups is 1. The van der Waals surface area contributed by atoms with Crippen LogP contribution in [0.25, 0.3) is 6.08 Å². The molecule has 1 aromatic heterocycles. The van der Waals surface area contributed by atoms with Crippen LogP contribution in [0.15, 0.2) is 47.1 Å². The Morgan fingerprint density at radius 3 is 3.05 bits per heavy atom. The third kappa shape index (κ3) is 3.41. The first-order valence-electron chi connectivity index (χ1n) is 7.03. The molecule has 1 aliphatic rings. The van der Waals surface area contributed by atoms with Crippen molar-refractivity contribution in [1.29, 1.82) is 0 Å². The summed E-state index contributed by atoms with van der Waals surface area (Å²) < 4.78 is 5.15. The van der Waals surface area contributed by atoms with Gasteiger partial charge < -0.3 is 14.6 Å². The molecule has 0 fully saturated rings. The number of fused-ring (bicyclic) bond motifs is 1. The van der Waals surface area contributed by atoms with E-state index >= 15 is 0 Å². The fourth-order valence-corrected chi connectivity index (χ4v) is 2.50. The molecule has 0 aliphatic carbocycles. The van der Waals surface area contributed by atoms with Crippen molar-refractivity contribution in [2.24, 2.45) is 0 Å². The maximum atomic E-state index is 11.9. The molecule has 2 heterocycles. The summed E-state index contributed by atoms with van der Waals surface area (Å²) in [6, 6.07) is 9.72. The van der Waals surface area contributed by atoms with E-state index in [0.717, 1.165) is 25.2 Å². The number of amides is 1. The molecule has 108 valence electrons. The molecule has 1 N–H and O–H groups in total. The lowest BCUT2D eigenvalue weighted by atomic mass is 9.99. The highest BCUT2D eigenvalue weighted by Gasteiger charge is 2.13. The lowest BCUT2D eigenvalue weighted by Gasteiger charge is -2.25. The van der Waals surface area contributed by atoms with Gasteiger partial charge >= 0.3 is 0 Å². The summed E-state index contributed by atoms with van der Waals surface area (Å²) in [5.41, 5.74) is 3.49. The molecule has 0 saturated carbocycles. The highest BCUT2D eigenvalue weighted by molar-refractivity contribution is 6.01. The quantitative estimate of drug-likeness (QED) is 0.880. The maximum Gasteiger partial charge on any atom is 0.248 e. The molecular formula is C17H18N2O2. The second-order valence-corrected chi connectivity index (χ2v) is 5.31. The third-order valence-electron chi connectivity index (χ3n) is 3.62. The van der Waals surface area contributed by atoms with Gasteiger partial charge in [0.2, 0.25) is 5.91 Å². The van der Waals surface area contributed by atoms with Gasteiger partial charge in [0.15, 0.2) is 0 Å². The molecule has 4 nitrogen and oxygen atoms in total. The molecule has 0 spiro atoms. The molecule has 0 bridgehead atoms. The minimum absolute atomic E-state index is 0.157. The summed E-state index contributed by atoms with van der Waals surface area (Å²) in [6.07, 6.45) is 5.78. The average Bonchev–Trinajstić information content (AvgIpc) is 2.98. The maximum absolute atomic E-state index is 11.9. The van der Waals surface area contributed by atoms with Gasteiger partial charge in [-0.15, -0.1) is 0 Å². The van der Waals surface area contributed by atoms with E-state index in [2.05, 4.69) is 29.4 Å². The molecule has 0 unspecified atom stereocenters. The van der Waals surface area contributed by atoms with E-state index in [-0.39, 0.29) is 5.91 Å². The fraction of sp³-hybridized carbons (Fsp3) is 0.235. The Labute approximate surface area is 124 Å². The van der Waals surface area contributed by atoms with Crippen LogP contribution in [0.1, 0.15) is 16.9 Å². The van der Waals surface area contributed by atoms with E-state index in [9.17, 15) is 4.79 Å². The molecule has 0 radical (unpaired) electrons. The number of hydrogen-bond donors (Lipinski definition) is 1. The van der Waals surface area contributed by atoms with Crippen molar-refractivity contribution in [2.75, 3.05) is 18.9 Å². The van der Waals surface area contributed by atoms with Crippen LogP contribution in [-0.2, 0) is 17.8 Å². The predicted molar refractivity (Wildman–Crippen MR) is 82.9 cm³/mol. The molecule has 21 heavy (non-hydrogen) atoms. The predicted octanol–water partition coefficient (Wildman–Crippen LogP) is 2.92. The van der Waals surface area contributed by atoms with Crippen LogP contribution in [0.2, 0.25) is 0 Å². The number of benzene rings is 1. The Morgan fingerprint density at radius 1 is 1.33 bits per heavy atom. The average molecular weight is 282 g/mol. The minimum atomic E-state index is -0.157. The number of carbonyl (C=O) groups excluding carboxylic acids is 1. The zero-order valence-corrected chi connectivity index (χ0v) is 12.0. The highest BCUT2D eigenvalue weighted by Crippen LogP contribution is 2.21. The van der Waals surface area contributed by atoms with Gasteiger partial charge in [-0.2, -0.15) is 0 Å². The monoisotopic (exact) mass is 282 g/mol. The molecule has 1 aromatic carbocycles. The van der Waals surface area contributed by atoms with Gasteiger partial charge in [0, 0.05) is 24.9 Å². The first-order valence-corrected chi connectivity index (χ1v) is 7.03. The lowest BCUT2D eigenvalue weighted by molar-refractivity contribution is -0.111. The van der Waals surface area contributed by atoms with Gasteiger partial charge in [-0.05, 0) is 54.9 Å². The van der Waals surface area contributed by atoms with E-state index in [1.165, 1.54) is 17.2 Å². The Kier molecular flexibility index (Phi) is 3.88. The first-order chi connectivity index (χ1) is 10.2. The van der Waals surface area contributed by atoms with Gasteiger partial charge in [0.25, 0.3) is 0 Å². The van der Waals surface area contributed by atoms with E-state index < -0.39 is 0 Å². The first kappa shape index (κ1) is 13.6. The third-order valence-corrected chi connectivity index (χ3v) is 3.62. The van der Waals surface area contributed by atoms with Crippen LogP contribution in [0.4, 0.5) is 5.69 Å². The largest absolute Gasteiger partial charge is 0.465 e. The number of anilines is 1. The van der Waals surface area contributed by atoms with Crippen LogP contribution in [-0.4, -0.2) is 24.4 Å². The summed E-state index contributed by atoms with van der Waals surface area (Å²) >= 11 is 0. The number of rotatable bonds is 3. The number of furan rings is 1.